The summed E-state index contributed by atoms with van der Waals surface area (Å²) in [6, 6.07) is 4.19. The van der Waals surface area contributed by atoms with Gasteiger partial charge in [0, 0.05) is 11.9 Å². The van der Waals surface area contributed by atoms with Gasteiger partial charge in [-0.3, -0.25) is 4.98 Å². The van der Waals surface area contributed by atoms with Crippen LogP contribution >= 0.6 is 0 Å². The van der Waals surface area contributed by atoms with Crippen molar-refractivity contribution < 1.29 is 4.43 Å². The van der Waals surface area contributed by atoms with Crippen molar-refractivity contribution in [2.45, 2.75) is 71.7 Å². The van der Waals surface area contributed by atoms with Gasteiger partial charge in [0.05, 0.1) is 6.61 Å². The minimum atomic E-state index is -1.75. The summed E-state index contributed by atoms with van der Waals surface area (Å²) < 4.78 is 6.54. The first-order valence-corrected chi connectivity index (χ1v) is 9.50. The maximum absolute atomic E-state index is 6.54. The number of hydrogen-bond acceptors (Lipinski definition) is 2. The van der Waals surface area contributed by atoms with Gasteiger partial charge in [-0.2, -0.15) is 0 Å². The average Bonchev–Trinajstić information content (AvgIpc) is 2.30. The van der Waals surface area contributed by atoms with Gasteiger partial charge in [0.2, 0.25) is 8.32 Å². The van der Waals surface area contributed by atoms with Crippen molar-refractivity contribution in [1.29, 1.82) is 0 Å². The zero-order valence-electron chi connectivity index (χ0n) is 13.5. The summed E-state index contributed by atoms with van der Waals surface area (Å²) in [6.07, 6.45) is 1.94. The van der Waals surface area contributed by atoms with E-state index in [1.165, 1.54) is 5.56 Å². The van der Waals surface area contributed by atoms with Crippen LogP contribution in [0.5, 0.6) is 0 Å². The van der Waals surface area contributed by atoms with E-state index in [1.807, 2.05) is 13.1 Å². The summed E-state index contributed by atoms with van der Waals surface area (Å²) in [5, 5.41) is 0. The molecule has 0 aromatic carbocycles. The Morgan fingerprint density at radius 2 is 1.53 bits per heavy atom. The lowest BCUT2D eigenvalue weighted by atomic mass is 10.3. The Balaban J connectivity index is 2.87. The fourth-order valence-corrected chi connectivity index (χ4v) is 8.71. The highest BCUT2D eigenvalue weighted by Gasteiger charge is 2.44. The van der Waals surface area contributed by atoms with Gasteiger partial charge in [-0.1, -0.05) is 47.6 Å². The van der Waals surface area contributed by atoms with Crippen LogP contribution in [0.4, 0.5) is 0 Å². The third-order valence-electron chi connectivity index (χ3n) is 4.17. The molecule has 0 amide bonds. The van der Waals surface area contributed by atoms with Gasteiger partial charge in [0.15, 0.2) is 0 Å². The Hall–Kier alpha value is -0.673. The molecule has 0 bridgehead atoms. The fraction of sp³-hybridized carbons (Fsp3) is 0.688. The Labute approximate surface area is 119 Å². The topological polar surface area (TPSA) is 22.1 Å². The lowest BCUT2D eigenvalue weighted by Crippen LogP contribution is -2.47. The second-order valence-electron chi connectivity index (χ2n) is 6.41. The molecule has 0 aliphatic carbocycles. The lowest BCUT2D eigenvalue weighted by molar-refractivity contribution is 0.265. The van der Waals surface area contributed by atoms with Crippen LogP contribution in [0.3, 0.4) is 0 Å². The molecule has 0 radical (unpaired) electrons. The molecule has 0 fully saturated rings. The SMILES string of the molecule is Cc1ccc(CO[Si](C(C)C)(C(C)C)C(C)C)cn1. The summed E-state index contributed by atoms with van der Waals surface area (Å²) >= 11 is 0. The Kier molecular flexibility index (Phi) is 5.75. The Morgan fingerprint density at radius 1 is 1.00 bits per heavy atom. The molecule has 1 rings (SSSR count). The summed E-state index contributed by atoms with van der Waals surface area (Å²) in [7, 11) is -1.75. The number of hydrogen-bond donors (Lipinski definition) is 0. The molecule has 3 heteroatoms. The molecule has 0 spiro atoms. The smallest absolute Gasteiger partial charge is 0.200 e. The number of nitrogens with zero attached hydrogens (tertiary/aromatic N) is 1. The van der Waals surface area contributed by atoms with Crippen LogP contribution in [0.25, 0.3) is 0 Å². The van der Waals surface area contributed by atoms with Crippen molar-refractivity contribution >= 4 is 8.32 Å². The molecule has 0 N–H and O–H groups in total. The summed E-state index contributed by atoms with van der Waals surface area (Å²) in [4.78, 5) is 4.35. The van der Waals surface area contributed by atoms with E-state index in [4.69, 9.17) is 4.43 Å². The molecule has 1 heterocycles. The normalized spacial score (nSPS) is 12.7. The van der Waals surface area contributed by atoms with Gasteiger partial charge < -0.3 is 4.43 Å². The first-order valence-electron chi connectivity index (χ1n) is 7.36. The molecular weight excluding hydrogens is 250 g/mol. The molecule has 0 aliphatic heterocycles. The maximum atomic E-state index is 6.54. The standard InChI is InChI=1S/C16H29NOSi/c1-12(2)19(13(3)4,14(5)6)18-11-16-9-8-15(7)17-10-16/h8-10,12-14H,11H2,1-7H3. The third-order valence-corrected chi connectivity index (χ3v) is 10.2. The first kappa shape index (κ1) is 16.4. The van der Waals surface area contributed by atoms with Crippen molar-refractivity contribution in [3.63, 3.8) is 0 Å². The number of aryl methyl sites for hydroxylation is 1. The molecule has 0 saturated carbocycles. The number of pyridine rings is 1. The van der Waals surface area contributed by atoms with E-state index >= 15 is 0 Å². The third kappa shape index (κ3) is 3.66. The zero-order valence-corrected chi connectivity index (χ0v) is 14.5. The van der Waals surface area contributed by atoms with E-state index in [-0.39, 0.29) is 0 Å². The van der Waals surface area contributed by atoms with Gasteiger partial charge in [-0.15, -0.1) is 0 Å². The first-order chi connectivity index (χ1) is 8.80. The van der Waals surface area contributed by atoms with E-state index in [0.717, 1.165) is 5.69 Å². The molecule has 108 valence electrons. The van der Waals surface area contributed by atoms with E-state index in [9.17, 15) is 0 Å². The molecule has 0 unspecified atom stereocenters. The predicted molar refractivity (Wildman–Crippen MR) is 84.8 cm³/mol. The van der Waals surface area contributed by atoms with Gasteiger partial charge in [0.25, 0.3) is 0 Å². The second-order valence-corrected chi connectivity index (χ2v) is 11.9. The van der Waals surface area contributed by atoms with Crippen LogP contribution in [0.15, 0.2) is 18.3 Å². The average molecular weight is 280 g/mol. The van der Waals surface area contributed by atoms with Crippen molar-refractivity contribution in [1.82, 2.24) is 4.98 Å². The summed E-state index contributed by atoms with van der Waals surface area (Å²) in [5.41, 5.74) is 4.14. The largest absolute Gasteiger partial charge is 0.412 e. The molecule has 1 aromatic heterocycles. The van der Waals surface area contributed by atoms with Crippen molar-refractivity contribution in [2.24, 2.45) is 0 Å². The Morgan fingerprint density at radius 3 is 1.89 bits per heavy atom. The minimum Gasteiger partial charge on any atom is -0.412 e. The molecule has 0 atom stereocenters. The van der Waals surface area contributed by atoms with Crippen LogP contribution in [0.2, 0.25) is 16.6 Å². The van der Waals surface area contributed by atoms with Crippen LogP contribution in [0.1, 0.15) is 52.8 Å². The molecule has 1 aromatic rings. The Bertz CT molecular complexity index is 362. The summed E-state index contributed by atoms with van der Waals surface area (Å²) in [5.74, 6) is 0. The van der Waals surface area contributed by atoms with Crippen molar-refractivity contribution in [3.05, 3.63) is 29.6 Å². The van der Waals surface area contributed by atoms with Gasteiger partial charge >= 0.3 is 0 Å². The predicted octanol–water partition coefficient (Wildman–Crippen LogP) is 5.08. The van der Waals surface area contributed by atoms with Crippen LogP contribution in [-0.4, -0.2) is 13.3 Å². The van der Waals surface area contributed by atoms with Crippen LogP contribution in [0, 0.1) is 6.92 Å². The molecule has 19 heavy (non-hydrogen) atoms. The second kappa shape index (κ2) is 6.66. The highest BCUT2D eigenvalue weighted by Crippen LogP contribution is 2.42. The fourth-order valence-electron chi connectivity index (χ4n) is 3.29. The van der Waals surface area contributed by atoms with E-state index in [2.05, 4.69) is 58.7 Å². The van der Waals surface area contributed by atoms with E-state index < -0.39 is 8.32 Å². The van der Waals surface area contributed by atoms with Crippen LogP contribution in [-0.2, 0) is 11.0 Å². The highest BCUT2D eigenvalue weighted by molar-refractivity contribution is 6.77. The molecule has 2 nitrogen and oxygen atoms in total. The monoisotopic (exact) mass is 279 g/mol. The quantitative estimate of drug-likeness (QED) is 0.677. The zero-order chi connectivity index (χ0) is 14.6. The van der Waals surface area contributed by atoms with Crippen LogP contribution < -0.4 is 0 Å². The van der Waals surface area contributed by atoms with Crippen molar-refractivity contribution in [2.75, 3.05) is 0 Å². The van der Waals surface area contributed by atoms with Gasteiger partial charge in [-0.05, 0) is 35.2 Å². The van der Waals surface area contributed by atoms with Gasteiger partial charge in [-0.25, -0.2) is 0 Å². The number of aromatic nitrogens is 1. The summed E-state index contributed by atoms with van der Waals surface area (Å²) in [6.45, 7) is 16.6. The van der Waals surface area contributed by atoms with Crippen molar-refractivity contribution in [3.8, 4) is 0 Å². The molecular formula is C16H29NOSi. The lowest BCUT2D eigenvalue weighted by Gasteiger charge is -2.42. The van der Waals surface area contributed by atoms with Gasteiger partial charge in [0.1, 0.15) is 0 Å². The van der Waals surface area contributed by atoms with E-state index in [0.29, 0.717) is 23.2 Å². The molecule has 0 aliphatic rings. The molecule has 0 saturated heterocycles. The van der Waals surface area contributed by atoms with E-state index in [1.54, 1.807) is 0 Å². The maximum Gasteiger partial charge on any atom is 0.200 e. The highest BCUT2D eigenvalue weighted by atomic mass is 28.4. The number of rotatable bonds is 6. The minimum absolute atomic E-state index is 0.630.